The van der Waals surface area contributed by atoms with Crippen molar-refractivity contribution in [2.24, 2.45) is 11.7 Å². The number of nitrogens with zero attached hydrogens (tertiary/aromatic N) is 1. The van der Waals surface area contributed by atoms with E-state index in [1.165, 1.54) is 24.0 Å². The molecule has 1 unspecified atom stereocenters. The second-order valence-electron chi connectivity index (χ2n) is 5.93. The van der Waals surface area contributed by atoms with Crippen molar-refractivity contribution in [3.05, 3.63) is 35.4 Å². The Balaban J connectivity index is 2.70. The van der Waals surface area contributed by atoms with Gasteiger partial charge in [-0.15, -0.1) is 0 Å². The van der Waals surface area contributed by atoms with Gasteiger partial charge in [0.15, 0.2) is 0 Å². The van der Waals surface area contributed by atoms with E-state index in [-0.39, 0.29) is 0 Å². The molecule has 0 radical (unpaired) electrons. The Morgan fingerprint density at radius 3 is 2.26 bits per heavy atom. The summed E-state index contributed by atoms with van der Waals surface area (Å²) in [4.78, 5) is 2.38. The van der Waals surface area contributed by atoms with Crippen molar-refractivity contribution in [3.63, 3.8) is 0 Å². The van der Waals surface area contributed by atoms with Crippen LogP contribution in [0, 0.1) is 5.92 Å². The van der Waals surface area contributed by atoms with E-state index < -0.39 is 0 Å². The summed E-state index contributed by atoms with van der Waals surface area (Å²) in [6.07, 6.45) is 3.62. The third-order valence-electron chi connectivity index (χ3n) is 3.63. The zero-order valence-electron chi connectivity index (χ0n) is 13.0. The average Bonchev–Trinajstić information content (AvgIpc) is 2.38. The molecule has 19 heavy (non-hydrogen) atoms. The van der Waals surface area contributed by atoms with Crippen LogP contribution in [0.4, 0.5) is 0 Å². The van der Waals surface area contributed by atoms with Crippen molar-refractivity contribution in [3.8, 4) is 0 Å². The van der Waals surface area contributed by atoms with Gasteiger partial charge in [-0.25, -0.2) is 0 Å². The Labute approximate surface area is 119 Å². The molecule has 0 saturated heterocycles. The van der Waals surface area contributed by atoms with E-state index in [1.54, 1.807) is 0 Å². The van der Waals surface area contributed by atoms with Crippen molar-refractivity contribution in [2.75, 3.05) is 20.1 Å². The molecule has 0 heterocycles. The van der Waals surface area contributed by atoms with Gasteiger partial charge in [-0.1, -0.05) is 51.5 Å². The molecule has 1 aromatic carbocycles. The third-order valence-corrected chi connectivity index (χ3v) is 3.63. The summed E-state index contributed by atoms with van der Waals surface area (Å²) in [5, 5.41) is 0. The summed E-state index contributed by atoms with van der Waals surface area (Å²) in [6, 6.07) is 9.35. The molecule has 0 aliphatic heterocycles. The summed E-state index contributed by atoms with van der Waals surface area (Å²) in [6.45, 7) is 8.55. The minimum atomic E-state index is 0.347. The number of hydrogen-bond donors (Lipinski definition) is 1. The fraction of sp³-hybridized carbons (Fsp3) is 0.647. The zero-order valence-corrected chi connectivity index (χ0v) is 13.0. The lowest BCUT2D eigenvalue weighted by Gasteiger charge is -2.27. The molecule has 1 aromatic rings. The lowest BCUT2D eigenvalue weighted by molar-refractivity contribution is 0.246. The fourth-order valence-electron chi connectivity index (χ4n) is 2.48. The third kappa shape index (κ3) is 5.33. The second-order valence-corrected chi connectivity index (χ2v) is 5.93. The smallest absolute Gasteiger partial charge is 0.0467 e. The van der Waals surface area contributed by atoms with E-state index in [4.69, 9.17) is 5.73 Å². The summed E-state index contributed by atoms with van der Waals surface area (Å²) in [5.41, 5.74) is 8.72. The van der Waals surface area contributed by atoms with Crippen molar-refractivity contribution in [1.82, 2.24) is 4.90 Å². The van der Waals surface area contributed by atoms with Gasteiger partial charge in [-0.2, -0.15) is 0 Å². The minimum Gasteiger partial charge on any atom is -0.329 e. The maximum absolute atomic E-state index is 5.95. The molecular weight excluding hydrogens is 232 g/mol. The Bertz CT molecular complexity index is 343. The lowest BCUT2D eigenvalue weighted by Crippen LogP contribution is -2.31. The van der Waals surface area contributed by atoms with Crippen LogP contribution in [-0.4, -0.2) is 25.0 Å². The molecule has 2 heteroatoms. The van der Waals surface area contributed by atoms with Gasteiger partial charge in [-0.05, 0) is 43.5 Å². The second kappa shape index (κ2) is 8.34. The van der Waals surface area contributed by atoms with Gasteiger partial charge in [0.25, 0.3) is 0 Å². The summed E-state index contributed by atoms with van der Waals surface area (Å²) >= 11 is 0. The summed E-state index contributed by atoms with van der Waals surface area (Å²) in [5.74, 6) is 0.711. The summed E-state index contributed by atoms with van der Waals surface area (Å²) < 4.78 is 0. The molecule has 1 rings (SSSR count). The Morgan fingerprint density at radius 1 is 1.16 bits per heavy atom. The van der Waals surface area contributed by atoms with Gasteiger partial charge in [0, 0.05) is 12.6 Å². The Hall–Kier alpha value is -0.860. The normalized spacial score (nSPS) is 13.2. The minimum absolute atomic E-state index is 0.347. The van der Waals surface area contributed by atoms with E-state index >= 15 is 0 Å². The van der Waals surface area contributed by atoms with Crippen LogP contribution in [0.25, 0.3) is 0 Å². The van der Waals surface area contributed by atoms with Crippen molar-refractivity contribution in [2.45, 2.75) is 46.1 Å². The number of likely N-dealkylation sites (N-methyl/N-ethyl adjacent to an activating group) is 1. The highest BCUT2D eigenvalue weighted by atomic mass is 15.1. The fourth-order valence-corrected chi connectivity index (χ4v) is 2.48. The standard InChI is InChI=1S/C17H30N2/c1-5-6-11-19(4)17(13-18)16-9-7-15(8-10-16)12-14(2)3/h7-10,14,17H,5-6,11-13,18H2,1-4H3. The zero-order chi connectivity index (χ0) is 14.3. The molecule has 0 fully saturated rings. The van der Waals surface area contributed by atoms with Crippen molar-refractivity contribution in [1.29, 1.82) is 0 Å². The molecule has 108 valence electrons. The molecule has 0 aliphatic rings. The topological polar surface area (TPSA) is 29.3 Å². The van der Waals surface area contributed by atoms with Gasteiger partial charge < -0.3 is 5.73 Å². The maximum Gasteiger partial charge on any atom is 0.0467 e. The molecule has 0 bridgehead atoms. The lowest BCUT2D eigenvalue weighted by atomic mass is 9.99. The largest absolute Gasteiger partial charge is 0.329 e. The van der Waals surface area contributed by atoms with Gasteiger partial charge in [-0.3, -0.25) is 4.90 Å². The SMILES string of the molecule is CCCCN(C)C(CN)c1ccc(CC(C)C)cc1. The summed E-state index contributed by atoms with van der Waals surface area (Å²) in [7, 11) is 2.18. The molecule has 0 amide bonds. The molecule has 2 nitrogen and oxygen atoms in total. The van der Waals surface area contributed by atoms with Crippen LogP contribution in [0.5, 0.6) is 0 Å². The number of benzene rings is 1. The average molecular weight is 262 g/mol. The molecule has 0 saturated carbocycles. The van der Waals surface area contributed by atoms with Gasteiger partial charge in [0.05, 0.1) is 0 Å². The van der Waals surface area contributed by atoms with Crippen LogP contribution in [0.1, 0.15) is 50.8 Å². The van der Waals surface area contributed by atoms with Crippen molar-refractivity contribution < 1.29 is 0 Å². The number of unbranched alkanes of at least 4 members (excludes halogenated alkanes) is 1. The first-order valence-corrected chi connectivity index (χ1v) is 7.57. The van der Waals surface area contributed by atoms with E-state index in [9.17, 15) is 0 Å². The van der Waals surface area contributed by atoms with Crippen LogP contribution in [0.3, 0.4) is 0 Å². The quantitative estimate of drug-likeness (QED) is 0.775. The van der Waals surface area contributed by atoms with Crippen LogP contribution >= 0.6 is 0 Å². The maximum atomic E-state index is 5.95. The predicted octanol–water partition coefficient (Wildman–Crippen LogP) is 3.62. The predicted molar refractivity (Wildman–Crippen MR) is 84.3 cm³/mol. The van der Waals surface area contributed by atoms with Crippen LogP contribution in [0.15, 0.2) is 24.3 Å². The molecule has 0 aromatic heterocycles. The highest BCUT2D eigenvalue weighted by Gasteiger charge is 2.14. The van der Waals surface area contributed by atoms with Gasteiger partial charge >= 0.3 is 0 Å². The van der Waals surface area contributed by atoms with Crippen LogP contribution in [0.2, 0.25) is 0 Å². The molecule has 2 N–H and O–H groups in total. The first kappa shape index (κ1) is 16.2. The monoisotopic (exact) mass is 262 g/mol. The molecule has 0 spiro atoms. The first-order chi connectivity index (χ1) is 9.08. The van der Waals surface area contributed by atoms with Crippen LogP contribution < -0.4 is 5.73 Å². The number of rotatable bonds is 8. The van der Waals surface area contributed by atoms with Crippen molar-refractivity contribution >= 4 is 0 Å². The van der Waals surface area contributed by atoms with Crippen LogP contribution in [-0.2, 0) is 6.42 Å². The van der Waals surface area contributed by atoms with E-state index in [2.05, 4.69) is 57.0 Å². The first-order valence-electron chi connectivity index (χ1n) is 7.57. The van der Waals surface area contributed by atoms with E-state index in [0.29, 0.717) is 18.5 Å². The number of hydrogen-bond acceptors (Lipinski definition) is 2. The molecule has 0 aliphatic carbocycles. The molecule has 1 atom stereocenters. The van der Waals surface area contributed by atoms with Gasteiger partial charge in [0.2, 0.25) is 0 Å². The Morgan fingerprint density at radius 2 is 1.79 bits per heavy atom. The Kier molecular flexibility index (Phi) is 7.11. The van der Waals surface area contributed by atoms with Gasteiger partial charge in [0.1, 0.15) is 0 Å². The number of nitrogens with two attached hydrogens (primary N) is 1. The molecular formula is C17H30N2. The van der Waals surface area contributed by atoms with E-state index in [0.717, 1.165) is 13.0 Å². The highest BCUT2D eigenvalue weighted by molar-refractivity contribution is 5.25. The van der Waals surface area contributed by atoms with E-state index in [1.807, 2.05) is 0 Å². The highest BCUT2D eigenvalue weighted by Crippen LogP contribution is 2.20.